The third kappa shape index (κ3) is 1.78. The van der Waals surface area contributed by atoms with Gasteiger partial charge in [-0.2, -0.15) is 10.2 Å². The minimum absolute atomic E-state index is 0.845. The van der Waals surface area contributed by atoms with E-state index in [1.165, 1.54) is 6.42 Å². The fourth-order valence-electron chi connectivity index (χ4n) is 2.61. The second kappa shape index (κ2) is 4.52. The highest BCUT2D eigenvalue weighted by molar-refractivity contribution is 9.10. The zero-order valence-corrected chi connectivity index (χ0v) is 13.4. The molecule has 0 bridgehead atoms. The van der Waals surface area contributed by atoms with E-state index >= 15 is 0 Å². The fraction of sp³-hybridized carbons (Fsp3) is 0.385. The summed E-state index contributed by atoms with van der Waals surface area (Å²) in [4.78, 5) is 11.1. The smallest absolute Gasteiger partial charge is 0.163 e. The van der Waals surface area contributed by atoms with E-state index < -0.39 is 0 Å². The molecule has 0 aromatic carbocycles. The van der Waals surface area contributed by atoms with E-state index in [1.807, 2.05) is 20.3 Å². The summed E-state index contributed by atoms with van der Waals surface area (Å²) in [5, 5.41) is 9.92. The lowest BCUT2D eigenvalue weighted by Crippen LogP contribution is -2.37. The number of halogens is 1. The second-order valence-corrected chi connectivity index (χ2v) is 5.93. The lowest BCUT2D eigenvalue weighted by molar-refractivity contribution is 0.611. The number of fused-ring (bicyclic) bond motifs is 1. The number of aromatic nitrogens is 6. The van der Waals surface area contributed by atoms with Gasteiger partial charge in [-0.15, -0.1) is 0 Å². The summed E-state index contributed by atoms with van der Waals surface area (Å²) in [5.41, 5.74) is 2.67. The van der Waals surface area contributed by atoms with Crippen LogP contribution in [0.1, 0.15) is 6.42 Å². The second-order valence-electron chi connectivity index (χ2n) is 5.18. The van der Waals surface area contributed by atoms with Crippen molar-refractivity contribution in [2.24, 2.45) is 14.1 Å². The van der Waals surface area contributed by atoms with Gasteiger partial charge in [0.2, 0.25) is 0 Å². The molecule has 4 rings (SSSR count). The van der Waals surface area contributed by atoms with Crippen LogP contribution in [0, 0.1) is 0 Å². The Kier molecular flexibility index (Phi) is 2.75. The van der Waals surface area contributed by atoms with Crippen LogP contribution in [0.2, 0.25) is 0 Å². The SMILES string of the molecule is Cn1ncc(-c2nn(C)c3ncnc(N4CCC4)c23)c1Br. The van der Waals surface area contributed by atoms with Crippen LogP contribution < -0.4 is 4.90 Å². The molecule has 8 heteroatoms. The Morgan fingerprint density at radius 1 is 1.14 bits per heavy atom. The first-order valence-corrected chi connectivity index (χ1v) is 7.56. The summed E-state index contributed by atoms with van der Waals surface area (Å²) >= 11 is 3.57. The Morgan fingerprint density at radius 3 is 2.57 bits per heavy atom. The van der Waals surface area contributed by atoms with Crippen LogP contribution >= 0.6 is 15.9 Å². The van der Waals surface area contributed by atoms with Gasteiger partial charge in [-0.05, 0) is 22.4 Å². The number of hydrogen-bond acceptors (Lipinski definition) is 5. The van der Waals surface area contributed by atoms with Gasteiger partial charge in [-0.1, -0.05) is 0 Å². The molecule has 0 spiro atoms. The topological polar surface area (TPSA) is 64.7 Å². The van der Waals surface area contributed by atoms with Gasteiger partial charge < -0.3 is 4.90 Å². The van der Waals surface area contributed by atoms with Crippen LogP contribution in [-0.4, -0.2) is 42.6 Å². The standard InChI is InChI=1S/C13H14BrN7/c1-19-11(14)8(6-17-19)10-9-12(20(2)18-10)15-7-16-13(9)21-4-3-5-21/h6-7H,3-5H2,1-2H3. The zero-order chi connectivity index (χ0) is 14.6. The first kappa shape index (κ1) is 12.8. The quantitative estimate of drug-likeness (QED) is 0.706. The molecular weight excluding hydrogens is 334 g/mol. The van der Waals surface area contributed by atoms with Crippen molar-refractivity contribution in [3.8, 4) is 11.3 Å². The average Bonchev–Trinajstić information content (AvgIpc) is 2.91. The van der Waals surface area contributed by atoms with Gasteiger partial charge in [0, 0.05) is 27.2 Å². The molecule has 1 aliphatic heterocycles. The van der Waals surface area contributed by atoms with Crippen LogP contribution in [0.5, 0.6) is 0 Å². The Labute approximate surface area is 129 Å². The first-order valence-electron chi connectivity index (χ1n) is 6.77. The maximum Gasteiger partial charge on any atom is 0.163 e. The van der Waals surface area contributed by atoms with E-state index in [0.29, 0.717) is 0 Å². The van der Waals surface area contributed by atoms with Crippen LogP contribution in [0.15, 0.2) is 17.1 Å². The largest absolute Gasteiger partial charge is 0.356 e. The first-order chi connectivity index (χ1) is 10.2. The van der Waals surface area contributed by atoms with Crippen molar-refractivity contribution in [1.82, 2.24) is 29.5 Å². The summed E-state index contributed by atoms with van der Waals surface area (Å²) in [6.45, 7) is 2.07. The van der Waals surface area contributed by atoms with E-state index in [0.717, 1.165) is 45.8 Å². The molecule has 3 aromatic rings. The van der Waals surface area contributed by atoms with Gasteiger partial charge in [0.25, 0.3) is 0 Å². The maximum absolute atomic E-state index is 4.64. The van der Waals surface area contributed by atoms with Gasteiger partial charge in [0.15, 0.2) is 5.65 Å². The summed E-state index contributed by atoms with van der Waals surface area (Å²) in [6.07, 6.45) is 4.64. The fourth-order valence-corrected chi connectivity index (χ4v) is 2.99. The summed E-state index contributed by atoms with van der Waals surface area (Å²) in [7, 11) is 3.80. The van der Waals surface area contributed by atoms with Crippen molar-refractivity contribution in [3.05, 3.63) is 17.1 Å². The molecule has 7 nitrogen and oxygen atoms in total. The number of rotatable bonds is 2. The normalized spacial score (nSPS) is 14.7. The molecule has 0 unspecified atom stereocenters. The molecule has 0 radical (unpaired) electrons. The Bertz CT molecular complexity index is 831. The predicted octanol–water partition coefficient (Wildman–Crippen LogP) is 1.74. The third-order valence-corrected chi connectivity index (χ3v) is 4.82. The third-order valence-electron chi connectivity index (χ3n) is 3.88. The van der Waals surface area contributed by atoms with E-state index in [-0.39, 0.29) is 0 Å². The minimum Gasteiger partial charge on any atom is -0.356 e. The molecule has 1 saturated heterocycles. The predicted molar refractivity (Wildman–Crippen MR) is 83.0 cm³/mol. The lowest BCUT2D eigenvalue weighted by atomic mass is 10.1. The number of anilines is 1. The Hall–Kier alpha value is -1.96. The molecule has 4 heterocycles. The number of hydrogen-bond donors (Lipinski definition) is 0. The van der Waals surface area contributed by atoms with E-state index in [9.17, 15) is 0 Å². The maximum atomic E-state index is 4.64. The number of nitrogens with zero attached hydrogens (tertiary/aromatic N) is 7. The average molecular weight is 348 g/mol. The van der Waals surface area contributed by atoms with Gasteiger partial charge >= 0.3 is 0 Å². The Balaban J connectivity index is 2.02. The highest BCUT2D eigenvalue weighted by Crippen LogP contribution is 2.36. The van der Waals surface area contributed by atoms with Crippen molar-refractivity contribution in [1.29, 1.82) is 0 Å². The molecule has 0 aliphatic carbocycles. The molecule has 0 atom stereocenters. The van der Waals surface area contributed by atoms with E-state index in [1.54, 1.807) is 15.7 Å². The monoisotopic (exact) mass is 347 g/mol. The van der Waals surface area contributed by atoms with E-state index in [2.05, 4.69) is 41.0 Å². The molecule has 0 saturated carbocycles. The summed E-state index contributed by atoms with van der Waals surface area (Å²) in [5.74, 6) is 0.963. The van der Waals surface area contributed by atoms with E-state index in [4.69, 9.17) is 0 Å². The van der Waals surface area contributed by atoms with Crippen molar-refractivity contribution in [2.75, 3.05) is 18.0 Å². The van der Waals surface area contributed by atoms with Crippen LogP contribution in [0.4, 0.5) is 5.82 Å². The molecule has 1 aliphatic rings. The van der Waals surface area contributed by atoms with Crippen molar-refractivity contribution in [2.45, 2.75) is 6.42 Å². The van der Waals surface area contributed by atoms with Gasteiger partial charge in [-0.3, -0.25) is 4.68 Å². The molecule has 1 fully saturated rings. The number of aryl methyl sites for hydroxylation is 2. The summed E-state index contributed by atoms with van der Waals surface area (Å²) in [6, 6.07) is 0. The van der Waals surface area contributed by atoms with Crippen LogP contribution in [0.3, 0.4) is 0 Å². The van der Waals surface area contributed by atoms with Gasteiger partial charge in [0.05, 0.1) is 17.1 Å². The molecule has 0 amide bonds. The van der Waals surface area contributed by atoms with Crippen molar-refractivity contribution >= 4 is 32.8 Å². The van der Waals surface area contributed by atoms with Crippen LogP contribution in [-0.2, 0) is 14.1 Å². The highest BCUT2D eigenvalue weighted by Gasteiger charge is 2.25. The molecule has 108 valence electrons. The van der Waals surface area contributed by atoms with Gasteiger partial charge in [0.1, 0.15) is 22.4 Å². The highest BCUT2D eigenvalue weighted by atomic mass is 79.9. The molecule has 21 heavy (non-hydrogen) atoms. The van der Waals surface area contributed by atoms with Crippen LogP contribution in [0.25, 0.3) is 22.3 Å². The minimum atomic E-state index is 0.845. The zero-order valence-electron chi connectivity index (χ0n) is 11.8. The summed E-state index contributed by atoms with van der Waals surface area (Å²) < 4.78 is 4.48. The molecule has 0 N–H and O–H groups in total. The van der Waals surface area contributed by atoms with Crippen molar-refractivity contribution < 1.29 is 0 Å². The molecule has 3 aromatic heterocycles. The van der Waals surface area contributed by atoms with Crippen molar-refractivity contribution in [3.63, 3.8) is 0 Å². The van der Waals surface area contributed by atoms with Gasteiger partial charge in [-0.25, -0.2) is 14.6 Å². The lowest BCUT2D eigenvalue weighted by Gasteiger charge is -2.32. The Morgan fingerprint density at radius 2 is 1.95 bits per heavy atom. The molecular formula is C13H14BrN7.